The van der Waals surface area contributed by atoms with E-state index in [-0.39, 0.29) is 5.92 Å². The largest absolute Gasteiger partial charge is 0.456 e. The van der Waals surface area contributed by atoms with Gasteiger partial charge in [-0.2, -0.15) is 0 Å². The van der Waals surface area contributed by atoms with Gasteiger partial charge < -0.3 is 4.42 Å². The number of fused-ring (bicyclic) bond motifs is 5. The fourth-order valence-electron chi connectivity index (χ4n) is 4.78. The zero-order chi connectivity index (χ0) is 22.5. The lowest BCUT2D eigenvalue weighted by atomic mass is 9.89. The molecule has 0 amide bonds. The van der Waals surface area contributed by atoms with Crippen molar-refractivity contribution in [1.29, 1.82) is 0 Å². The molecule has 3 heterocycles. The van der Waals surface area contributed by atoms with Crippen LogP contribution in [0.25, 0.3) is 33.9 Å². The molecule has 1 aliphatic heterocycles. The van der Waals surface area contributed by atoms with Crippen LogP contribution < -0.4 is 10.4 Å². The Balaban J connectivity index is 1.50. The van der Waals surface area contributed by atoms with Crippen LogP contribution in [0, 0.1) is 11.8 Å². The molecular weight excluding hydrogens is 416 g/mol. The lowest BCUT2D eigenvalue weighted by Gasteiger charge is -2.13. The summed E-state index contributed by atoms with van der Waals surface area (Å²) in [5.74, 6) is 8.90. The number of rotatable bonds is 2. The quantitative estimate of drug-likeness (QED) is 0.351. The van der Waals surface area contributed by atoms with E-state index in [4.69, 9.17) is 14.4 Å². The molecule has 5 aromatic rings. The summed E-state index contributed by atoms with van der Waals surface area (Å²) in [4.78, 5) is 9.92. The highest BCUT2D eigenvalue weighted by molar-refractivity contribution is 6.29. The first-order chi connectivity index (χ1) is 16.8. The highest BCUT2D eigenvalue weighted by Crippen LogP contribution is 2.40. The van der Waals surface area contributed by atoms with Crippen LogP contribution in [0.1, 0.15) is 17.2 Å². The van der Waals surface area contributed by atoms with Gasteiger partial charge in [-0.3, -0.25) is 0 Å². The zero-order valence-electron chi connectivity index (χ0n) is 18.2. The van der Waals surface area contributed by atoms with Gasteiger partial charge in [-0.05, 0) is 40.8 Å². The number of nitrogens with zero attached hydrogens (tertiary/aromatic N) is 2. The van der Waals surface area contributed by atoms with Crippen LogP contribution in [-0.2, 0) is 0 Å². The van der Waals surface area contributed by atoms with E-state index in [0.717, 1.165) is 61.1 Å². The minimum Gasteiger partial charge on any atom is -0.456 e. The molecule has 0 radical (unpaired) electrons. The van der Waals surface area contributed by atoms with E-state index < -0.39 is 0 Å². The molecule has 7 rings (SSSR count). The first-order valence-corrected chi connectivity index (χ1v) is 11.3. The normalized spacial score (nSPS) is 18.3. The molecule has 158 valence electrons. The van der Waals surface area contributed by atoms with Crippen LogP contribution in [0.5, 0.6) is 0 Å². The molecule has 1 unspecified atom stereocenters. The Morgan fingerprint density at radius 3 is 2.50 bits per heavy atom. The predicted octanol–water partition coefficient (Wildman–Crippen LogP) is 5.36. The smallest absolute Gasteiger partial charge is 0.157 e. The van der Waals surface area contributed by atoms with Crippen LogP contribution >= 0.6 is 0 Å². The van der Waals surface area contributed by atoms with Gasteiger partial charge in [-0.25, -0.2) is 9.98 Å². The summed E-state index contributed by atoms with van der Waals surface area (Å²) in [6, 6.07) is 32.8. The topological polar surface area (TPSA) is 38.4 Å². The minimum absolute atomic E-state index is 0.169. The summed E-state index contributed by atoms with van der Waals surface area (Å²) in [6.45, 7) is 0. The van der Waals surface area contributed by atoms with E-state index >= 15 is 0 Å². The van der Waals surface area contributed by atoms with Crippen LogP contribution in [0.2, 0.25) is 0 Å². The number of benzene rings is 3. The molecule has 3 nitrogen and oxygen atoms in total. The molecule has 2 aromatic heterocycles. The van der Waals surface area contributed by atoms with E-state index in [1.807, 2.05) is 66.7 Å². The second-order valence-electron chi connectivity index (χ2n) is 8.45. The van der Waals surface area contributed by atoms with Gasteiger partial charge >= 0.3 is 0 Å². The number of pyridine rings is 1. The second-order valence-corrected chi connectivity index (χ2v) is 8.45. The third-order valence-corrected chi connectivity index (χ3v) is 6.40. The monoisotopic (exact) mass is 434 g/mol. The van der Waals surface area contributed by atoms with Gasteiger partial charge in [0, 0.05) is 22.1 Å². The van der Waals surface area contributed by atoms with Crippen LogP contribution in [0.3, 0.4) is 0 Å². The molecule has 0 bridgehead atoms. The Morgan fingerprint density at radius 2 is 1.56 bits per heavy atom. The third-order valence-electron chi connectivity index (χ3n) is 6.40. The number of para-hydroxylation sites is 1. The molecule has 34 heavy (non-hydrogen) atoms. The molecule has 0 fully saturated rings. The molecule has 3 heteroatoms. The first-order valence-electron chi connectivity index (χ1n) is 11.3. The van der Waals surface area contributed by atoms with Crippen molar-refractivity contribution in [3.05, 3.63) is 119 Å². The summed E-state index contributed by atoms with van der Waals surface area (Å²) in [7, 11) is 0. The maximum Gasteiger partial charge on any atom is 0.157 e. The van der Waals surface area contributed by atoms with Gasteiger partial charge in [-0.15, -0.1) is 0 Å². The maximum atomic E-state index is 6.45. The van der Waals surface area contributed by atoms with Gasteiger partial charge in [0.2, 0.25) is 0 Å². The number of furan rings is 1. The van der Waals surface area contributed by atoms with E-state index in [0.29, 0.717) is 0 Å². The Morgan fingerprint density at radius 1 is 0.765 bits per heavy atom. The minimum atomic E-state index is -0.169. The van der Waals surface area contributed by atoms with Crippen molar-refractivity contribution in [3.63, 3.8) is 0 Å². The average Bonchev–Trinajstić information content (AvgIpc) is 3.48. The van der Waals surface area contributed by atoms with Gasteiger partial charge in [0.25, 0.3) is 0 Å². The SMILES string of the molecule is C1#CC2C(=Nc3nc4ccccc4cc32)/C(c2ccc(-c3ccccc3)o2)=c2/cccc/c2=C/1. The Labute approximate surface area is 196 Å². The van der Waals surface area contributed by atoms with Crippen molar-refractivity contribution in [3.8, 4) is 23.2 Å². The van der Waals surface area contributed by atoms with Crippen molar-refractivity contribution < 1.29 is 4.42 Å². The molecular formula is C31H18N2O. The average molecular weight is 434 g/mol. The Kier molecular flexibility index (Phi) is 4.12. The molecule has 2 aliphatic rings. The molecule has 1 atom stereocenters. The first kappa shape index (κ1) is 18.8. The van der Waals surface area contributed by atoms with Gasteiger partial charge in [0.1, 0.15) is 11.5 Å². The van der Waals surface area contributed by atoms with Crippen molar-refractivity contribution >= 4 is 34.1 Å². The molecule has 1 aliphatic carbocycles. The Bertz CT molecular complexity index is 1810. The highest BCUT2D eigenvalue weighted by Gasteiger charge is 2.32. The van der Waals surface area contributed by atoms with Crippen molar-refractivity contribution in [2.75, 3.05) is 0 Å². The van der Waals surface area contributed by atoms with E-state index in [9.17, 15) is 0 Å². The van der Waals surface area contributed by atoms with Crippen LogP contribution in [0.4, 0.5) is 5.82 Å². The molecule has 3 aromatic carbocycles. The van der Waals surface area contributed by atoms with Crippen LogP contribution in [-0.4, -0.2) is 10.7 Å². The lowest BCUT2D eigenvalue weighted by Crippen LogP contribution is -2.31. The fraction of sp³-hybridized carbons (Fsp3) is 0.0323. The van der Waals surface area contributed by atoms with E-state index in [1.165, 1.54) is 0 Å². The summed E-state index contributed by atoms with van der Waals surface area (Å²) in [5, 5.41) is 3.21. The zero-order valence-corrected chi connectivity index (χ0v) is 18.2. The summed E-state index contributed by atoms with van der Waals surface area (Å²) >= 11 is 0. The number of hydrogen-bond acceptors (Lipinski definition) is 3. The van der Waals surface area contributed by atoms with Crippen molar-refractivity contribution in [1.82, 2.24) is 4.98 Å². The number of aromatic nitrogens is 1. The van der Waals surface area contributed by atoms with Gasteiger partial charge in [0.15, 0.2) is 5.82 Å². The number of aliphatic imine (C=N–C) groups is 1. The third kappa shape index (κ3) is 2.93. The van der Waals surface area contributed by atoms with Crippen molar-refractivity contribution in [2.24, 2.45) is 4.99 Å². The summed E-state index contributed by atoms with van der Waals surface area (Å²) < 4.78 is 6.45. The van der Waals surface area contributed by atoms with Crippen LogP contribution in [0.15, 0.2) is 106 Å². The summed E-state index contributed by atoms with van der Waals surface area (Å²) in [5.41, 5.74) is 4.88. The standard InChI is InChI=1S/C31H18N2O/c1-2-10-21(11-3-1)27-17-18-28(34-27)29-23-14-6-4-9-20(23)13-8-15-24-25-19-22-12-5-7-16-26(22)32-31(25)33-30(24)29/h1-7,9-14,16-19,24H/b20-13-,29-23-. The Hall–Kier alpha value is -4.68. The van der Waals surface area contributed by atoms with Gasteiger partial charge in [0.05, 0.1) is 17.1 Å². The molecule has 0 saturated heterocycles. The van der Waals surface area contributed by atoms with Gasteiger partial charge in [-0.1, -0.05) is 84.6 Å². The maximum absolute atomic E-state index is 6.45. The highest BCUT2D eigenvalue weighted by atomic mass is 16.3. The molecule has 0 spiro atoms. The number of hydrogen-bond donors (Lipinski definition) is 0. The van der Waals surface area contributed by atoms with Crippen molar-refractivity contribution in [2.45, 2.75) is 5.92 Å². The fourth-order valence-corrected chi connectivity index (χ4v) is 4.78. The summed E-state index contributed by atoms with van der Waals surface area (Å²) in [6.07, 6.45) is 1.99. The molecule has 0 N–H and O–H groups in total. The lowest BCUT2D eigenvalue weighted by molar-refractivity contribution is 0.569. The predicted molar refractivity (Wildman–Crippen MR) is 136 cm³/mol. The van der Waals surface area contributed by atoms with E-state index in [1.54, 1.807) is 0 Å². The van der Waals surface area contributed by atoms with E-state index in [2.05, 4.69) is 48.2 Å². The molecule has 0 saturated carbocycles. The second kappa shape index (κ2) is 7.43.